The molecule has 0 radical (unpaired) electrons. The van der Waals surface area contributed by atoms with Crippen molar-refractivity contribution in [3.05, 3.63) is 81.8 Å². The Bertz CT molecular complexity index is 1100. The van der Waals surface area contributed by atoms with Crippen LogP contribution in [-0.2, 0) is 22.6 Å². The van der Waals surface area contributed by atoms with Crippen molar-refractivity contribution < 1.29 is 9.59 Å². The lowest BCUT2D eigenvalue weighted by atomic mass is 10.0. The maximum absolute atomic E-state index is 13.4. The third kappa shape index (κ3) is 6.49. The number of nitrogens with zero attached hydrogens (tertiary/aromatic N) is 1. The average molecular weight is 485 g/mol. The number of fused-ring (bicyclic) bond motifs is 1. The van der Waals surface area contributed by atoms with Crippen LogP contribution in [0.5, 0.6) is 0 Å². The summed E-state index contributed by atoms with van der Waals surface area (Å²) >= 11 is 12.8. The molecule has 6 heteroatoms. The van der Waals surface area contributed by atoms with Crippen LogP contribution in [0.4, 0.5) is 0 Å². The van der Waals surface area contributed by atoms with Crippen LogP contribution in [-0.4, -0.2) is 29.3 Å². The van der Waals surface area contributed by atoms with E-state index in [4.69, 9.17) is 23.2 Å². The third-order valence-corrected chi connectivity index (χ3v) is 6.44. The van der Waals surface area contributed by atoms with Crippen LogP contribution in [0, 0.1) is 5.92 Å². The van der Waals surface area contributed by atoms with Gasteiger partial charge in [-0.15, -0.1) is 0 Å². The van der Waals surface area contributed by atoms with E-state index in [2.05, 4.69) is 23.5 Å². The van der Waals surface area contributed by atoms with Crippen molar-refractivity contribution in [3.8, 4) is 0 Å². The molecule has 4 nitrogen and oxygen atoms in total. The van der Waals surface area contributed by atoms with Gasteiger partial charge in [0.25, 0.3) is 0 Å². The van der Waals surface area contributed by atoms with E-state index in [0.717, 1.165) is 16.3 Å². The zero-order valence-electron chi connectivity index (χ0n) is 19.3. The number of carbonyl (C=O) groups is 2. The first-order valence-corrected chi connectivity index (χ1v) is 12.0. The molecule has 1 unspecified atom stereocenters. The van der Waals surface area contributed by atoms with E-state index in [1.807, 2.05) is 38.1 Å². The molecule has 174 valence electrons. The van der Waals surface area contributed by atoms with Gasteiger partial charge >= 0.3 is 0 Å². The quantitative estimate of drug-likeness (QED) is 0.389. The molecule has 1 atom stereocenters. The molecule has 0 saturated carbocycles. The van der Waals surface area contributed by atoms with Gasteiger partial charge in [-0.2, -0.15) is 0 Å². The van der Waals surface area contributed by atoms with Crippen molar-refractivity contribution in [2.75, 3.05) is 6.54 Å². The number of aryl methyl sites for hydroxylation is 1. The minimum atomic E-state index is -0.656. The summed E-state index contributed by atoms with van der Waals surface area (Å²) in [6.07, 6.45) is 0.852. The lowest BCUT2D eigenvalue weighted by Gasteiger charge is -2.30. The zero-order valence-corrected chi connectivity index (χ0v) is 20.8. The number of amides is 2. The summed E-state index contributed by atoms with van der Waals surface area (Å²) < 4.78 is 0. The molecule has 0 spiro atoms. The van der Waals surface area contributed by atoms with Gasteiger partial charge in [-0.1, -0.05) is 85.6 Å². The molecule has 0 aromatic heterocycles. The molecule has 0 fully saturated rings. The SMILES string of the molecule is CC(C)CNC(=O)C(C)N(Cc1c(Cl)cccc1Cl)C(=O)CCc1cccc2ccccc12. The predicted octanol–water partition coefficient (Wildman–Crippen LogP) is 6.27. The van der Waals surface area contributed by atoms with Crippen molar-refractivity contribution in [3.63, 3.8) is 0 Å². The van der Waals surface area contributed by atoms with Crippen LogP contribution < -0.4 is 5.32 Å². The highest BCUT2D eigenvalue weighted by atomic mass is 35.5. The average Bonchev–Trinajstić information content (AvgIpc) is 2.80. The Morgan fingerprint density at radius 3 is 2.24 bits per heavy atom. The van der Waals surface area contributed by atoms with Gasteiger partial charge in [0, 0.05) is 35.1 Å². The molecule has 0 heterocycles. The minimum Gasteiger partial charge on any atom is -0.354 e. The Hall–Kier alpha value is -2.56. The van der Waals surface area contributed by atoms with E-state index in [0.29, 0.717) is 34.5 Å². The number of benzene rings is 3. The first-order valence-electron chi connectivity index (χ1n) is 11.2. The lowest BCUT2D eigenvalue weighted by Crippen LogP contribution is -2.48. The Kier molecular flexibility index (Phi) is 8.76. The van der Waals surface area contributed by atoms with Crippen LogP contribution in [0.25, 0.3) is 10.8 Å². The van der Waals surface area contributed by atoms with Gasteiger partial charge in [-0.3, -0.25) is 9.59 Å². The maximum atomic E-state index is 13.4. The van der Waals surface area contributed by atoms with E-state index in [1.165, 1.54) is 0 Å². The number of nitrogens with one attached hydrogen (secondary N) is 1. The number of hydrogen-bond donors (Lipinski definition) is 1. The number of carbonyl (C=O) groups excluding carboxylic acids is 2. The largest absolute Gasteiger partial charge is 0.354 e. The van der Waals surface area contributed by atoms with Crippen LogP contribution in [0.1, 0.15) is 38.3 Å². The molecule has 0 aliphatic carbocycles. The normalized spacial score (nSPS) is 12.1. The molecule has 2 amide bonds. The summed E-state index contributed by atoms with van der Waals surface area (Å²) in [5.41, 5.74) is 1.75. The highest BCUT2D eigenvalue weighted by molar-refractivity contribution is 6.36. The van der Waals surface area contributed by atoms with Gasteiger partial charge in [0.15, 0.2) is 0 Å². The Labute approximate surface area is 205 Å². The Balaban J connectivity index is 1.82. The van der Waals surface area contributed by atoms with E-state index in [1.54, 1.807) is 30.0 Å². The van der Waals surface area contributed by atoms with E-state index in [9.17, 15) is 9.59 Å². The van der Waals surface area contributed by atoms with Gasteiger partial charge in [0.2, 0.25) is 11.8 Å². The number of rotatable bonds is 9. The van der Waals surface area contributed by atoms with Crippen molar-refractivity contribution in [1.82, 2.24) is 10.2 Å². The summed E-state index contributed by atoms with van der Waals surface area (Å²) in [5, 5.41) is 6.16. The molecule has 3 rings (SSSR count). The molecule has 0 saturated heterocycles. The fourth-order valence-corrected chi connectivity index (χ4v) is 4.30. The predicted molar refractivity (Wildman–Crippen MR) is 137 cm³/mol. The van der Waals surface area contributed by atoms with Gasteiger partial charge in [-0.05, 0) is 47.7 Å². The second-order valence-corrected chi connectivity index (χ2v) is 9.49. The molecule has 3 aromatic carbocycles. The Morgan fingerprint density at radius 2 is 1.55 bits per heavy atom. The fourth-order valence-electron chi connectivity index (χ4n) is 3.78. The molecule has 1 N–H and O–H groups in total. The third-order valence-electron chi connectivity index (χ3n) is 5.73. The molecule has 0 bridgehead atoms. The summed E-state index contributed by atoms with van der Waals surface area (Å²) in [6, 6.07) is 18.8. The van der Waals surface area contributed by atoms with Crippen LogP contribution in [0.2, 0.25) is 10.0 Å². The number of hydrogen-bond acceptors (Lipinski definition) is 2. The molecule has 0 aliphatic heterocycles. The van der Waals surface area contributed by atoms with Crippen LogP contribution in [0.3, 0.4) is 0 Å². The van der Waals surface area contributed by atoms with Gasteiger partial charge in [-0.25, -0.2) is 0 Å². The topological polar surface area (TPSA) is 49.4 Å². The van der Waals surface area contributed by atoms with Crippen molar-refractivity contribution in [1.29, 1.82) is 0 Å². The van der Waals surface area contributed by atoms with E-state index >= 15 is 0 Å². The molecule has 33 heavy (non-hydrogen) atoms. The second kappa shape index (κ2) is 11.5. The maximum Gasteiger partial charge on any atom is 0.242 e. The van der Waals surface area contributed by atoms with E-state index in [-0.39, 0.29) is 24.8 Å². The second-order valence-electron chi connectivity index (χ2n) is 8.68. The van der Waals surface area contributed by atoms with Crippen LogP contribution in [0.15, 0.2) is 60.7 Å². The smallest absolute Gasteiger partial charge is 0.242 e. The molecular formula is C27H30Cl2N2O2. The van der Waals surface area contributed by atoms with Gasteiger partial charge < -0.3 is 10.2 Å². The van der Waals surface area contributed by atoms with Crippen LogP contribution >= 0.6 is 23.2 Å². The first kappa shape index (κ1) is 25.1. The van der Waals surface area contributed by atoms with Crippen molar-refractivity contribution in [2.24, 2.45) is 5.92 Å². The summed E-state index contributed by atoms with van der Waals surface area (Å²) in [4.78, 5) is 27.8. The summed E-state index contributed by atoms with van der Waals surface area (Å²) in [5.74, 6) is 0.00572. The fraction of sp³-hybridized carbons (Fsp3) is 0.333. The van der Waals surface area contributed by atoms with Gasteiger partial charge in [0.05, 0.1) is 0 Å². The molecule has 3 aromatic rings. The Morgan fingerprint density at radius 1 is 0.909 bits per heavy atom. The van der Waals surface area contributed by atoms with Gasteiger partial charge in [0.1, 0.15) is 6.04 Å². The van der Waals surface area contributed by atoms with E-state index < -0.39 is 6.04 Å². The molecular weight excluding hydrogens is 455 g/mol. The minimum absolute atomic E-state index is 0.119. The summed E-state index contributed by atoms with van der Waals surface area (Å²) in [6.45, 7) is 6.52. The summed E-state index contributed by atoms with van der Waals surface area (Å²) in [7, 11) is 0. The van der Waals surface area contributed by atoms with Crippen molar-refractivity contribution >= 4 is 45.8 Å². The lowest BCUT2D eigenvalue weighted by molar-refractivity contribution is -0.140. The standard InChI is InChI=1S/C27H30Cl2N2O2/c1-18(2)16-30-27(33)19(3)31(17-23-24(28)12-7-13-25(23)29)26(32)15-14-21-10-6-9-20-8-4-5-11-22(20)21/h4-13,18-19H,14-17H2,1-3H3,(H,30,33). The van der Waals surface area contributed by atoms with Crippen molar-refractivity contribution in [2.45, 2.75) is 46.2 Å². The zero-order chi connectivity index (χ0) is 24.0. The first-order chi connectivity index (χ1) is 15.8. The number of halogens is 2. The highest BCUT2D eigenvalue weighted by Crippen LogP contribution is 2.27. The highest BCUT2D eigenvalue weighted by Gasteiger charge is 2.27. The monoisotopic (exact) mass is 484 g/mol. The molecule has 0 aliphatic rings.